The number of hydrogen-bond acceptors (Lipinski definition) is 7. The first-order chi connectivity index (χ1) is 18.5. The number of carbonyl (C=O) groups is 2. The molecule has 0 saturated carbocycles. The van der Waals surface area contributed by atoms with E-state index in [1.165, 1.54) is 12.3 Å². The van der Waals surface area contributed by atoms with Gasteiger partial charge >= 0.3 is 0 Å². The number of aromatic nitrogens is 4. The lowest BCUT2D eigenvalue weighted by atomic mass is 10.2. The lowest BCUT2D eigenvalue weighted by Crippen LogP contribution is -2.18. The third-order valence-corrected chi connectivity index (χ3v) is 5.54. The van der Waals surface area contributed by atoms with E-state index < -0.39 is 0 Å². The van der Waals surface area contributed by atoms with Crippen LogP contribution in [0, 0.1) is 0 Å². The van der Waals surface area contributed by atoms with Gasteiger partial charge in [0, 0.05) is 54.2 Å². The molecule has 0 aliphatic rings. The van der Waals surface area contributed by atoms with E-state index >= 15 is 0 Å². The molecule has 38 heavy (non-hydrogen) atoms. The Morgan fingerprint density at radius 3 is 2.61 bits per heavy atom. The van der Waals surface area contributed by atoms with Crippen molar-refractivity contribution in [2.75, 3.05) is 17.7 Å². The number of pyridine rings is 1. The minimum absolute atomic E-state index is 0.272. The van der Waals surface area contributed by atoms with Crippen LogP contribution in [0.2, 0.25) is 0 Å². The normalized spacial score (nSPS) is 10.6. The Kier molecular flexibility index (Phi) is 6.77. The number of amides is 2. The van der Waals surface area contributed by atoms with Gasteiger partial charge < -0.3 is 25.3 Å². The summed E-state index contributed by atoms with van der Waals surface area (Å²) in [7, 11) is 1.55. The van der Waals surface area contributed by atoms with Crippen molar-refractivity contribution in [2.24, 2.45) is 0 Å². The summed E-state index contributed by atoms with van der Waals surface area (Å²) in [6, 6.07) is 19.9. The highest BCUT2D eigenvalue weighted by atomic mass is 16.5. The van der Waals surface area contributed by atoms with Crippen LogP contribution in [-0.2, 0) is 4.79 Å². The predicted molar refractivity (Wildman–Crippen MR) is 145 cm³/mol. The summed E-state index contributed by atoms with van der Waals surface area (Å²) in [5, 5.41) is 9.39. The molecule has 0 radical (unpaired) electrons. The third kappa shape index (κ3) is 5.34. The van der Waals surface area contributed by atoms with Crippen molar-refractivity contribution in [1.82, 2.24) is 24.8 Å². The van der Waals surface area contributed by atoms with Gasteiger partial charge in [-0.05, 0) is 60.7 Å². The average molecular weight is 506 g/mol. The molecule has 3 aromatic heterocycles. The van der Waals surface area contributed by atoms with Crippen molar-refractivity contribution in [3.8, 4) is 17.2 Å². The van der Waals surface area contributed by atoms with Gasteiger partial charge in [0.25, 0.3) is 5.91 Å². The molecule has 2 amide bonds. The number of carbonyl (C=O) groups excluding carboxylic acids is 2. The molecule has 3 N–H and O–H groups in total. The average Bonchev–Trinajstić information content (AvgIpc) is 3.37. The Labute approximate surface area is 218 Å². The highest BCUT2D eigenvalue weighted by Crippen LogP contribution is 2.26. The fourth-order valence-electron chi connectivity index (χ4n) is 3.71. The minimum atomic E-state index is -0.287. The van der Waals surface area contributed by atoms with Gasteiger partial charge in [-0.2, -0.15) is 4.98 Å². The van der Waals surface area contributed by atoms with Crippen LogP contribution in [0.4, 0.5) is 17.3 Å². The number of nitrogens with zero attached hydrogens (tertiary/aromatic N) is 4. The number of hydrogen-bond donors (Lipinski definition) is 3. The second-order valence-corrected chi connectivity index (χ2v) is 8.11. The van der Waals surface area contributed by atoms with Crippen molar-refractivity contribution in [2.45, 2.75) is 0 Å². The quantitative estimate of drug-likeness (QED) is 0.258. The van der Waals surface area contributed by atoms with Crippen LogP contribution in [0.3, 0.4) is 0 Å². The summed E-state index contributed by atoms with van der Waals surface area (Å²) in [4.78, 5) is 36.6. The van der Waals surface area contributed by atoms with Gasteiger partial charge in [-0.3, -0.25) is 14.6 Å². The van der Waals surface area contributed by atoms with Crippen molar-refractivity contribution in [3.63, 3.8) is 0 Å². The van der Waals surface area contributed by atoms with E-state index in [4.69, 9.17) is 9.72 Å². The maximum Gasteiger partial charge on any atom is 0.269 e. The Balaban J connectivity index is 1.33. The summed E-state index contributed by atoms with van der Waals surface area (Å²) in [6.45, 7) is 3.49. The highest BCUT2D eigenvalue weighted by molar-refractivity contribution is 5.99. The van der Waals surface area contributed by atoms with Crippen LogP contribution in [0.1, 0.15) is 10.5 Å². The molecule has 0 unspecified atom stereocenters. The SMILES string of the molecule is C=CC(=O)Nc1cccc(-n2ccc3cnc(Nc4ccc(Oc5ccnc(C(=O)NC)c5)cc4)nc32)c1. The van der Waals surface area contributed by atoms with Crippen LogP contribution in [-0.4, -0.2) is 38.4 Å². The summed E-state index contributed by atoms with van der Waals surface area (Å²) in [6.07, 6.45) is 6.39. The van der Waals surface area contributed by atoms with E-state index in [1.54, 1.807) is 37.5 Å². The van der Waals surface area contributed by atoms with E-state index in [1.807, 2.05) is 53.2 Å². The number of ether oxygens (including phenoxy) is 1. The van der Waals surface area contributed by atoms with Crippen LogP contribution in [0.5, 0.6) is 11.5 Å². The van der Waals surface area contributed by atoms with E-state index in [0.717, 1.165) is 16.8 Å². The highest BCUT2D eigenvalue weighted by Gasteiger charge is 2.10. The predicted octanol–water partition coefficient (Wildman–Crippen LogP) is 4.84. The third-order valence-electron chi connectivity index (χ3n) is 5.54. The molecule has 0 atom stereocenters. The number of benzene rings is 2. The molecule has 5 rings (SSSR count). The molecule has 10 heteroatoms. The standard InChI is InChI=1S/C28H23N7O3/c1-3-25(36)32-20-5-4-6-21(15-20)35-14-12-18-17-31-28(34-26(18)35)33-19-7-9-22(10-8-19)38-23-11-13-30-24(16-23)27(37)29-2/h3-17H,1H2,2H3,(H,29,37)(H,32,36)(H,31,33,34). The lowest BCUT2D eigenvalue weighted by Gasteiger charge is -2.10. The lowest BCUT2D eigenvalue weighted by molar-refractivity contribution is -0.111. The second-order valence-electron chi connectivity index (χ2n) is 8.11. The first-order valence-corrected chi connectivity index (χ1v) is 11.6. The van der Waals surface area contributed by atoms with Gasteiger partial charge in [0.05, 0.1) is 0 Å². The molecule has 188 valence electrons. The molecule has 0 spiro atoms. The molecule has 0 aliphatic carbocycles. The maximum atomic E-state index is 11.8. The zero-order valence-electron chi connectivity index (χ0n) is 20.4. The molecule has 5 aromatic rings. The van der Waals surface area contributed by atoms with E-state index in [2.05, 4.69) is 32.5 Å². The first-order valence-electron chi connectivity index (χ1n) is 11.6. The second kappa shape index (κ2) is 10.6. The van der Waals surface area contributed by atoms with Crippen LogP contribution < -0.4 is 20.7 Å². The van der Waals surface area contributed by atoms with Crippen molar-refractivity contribution >= 4 is 40.2 Å². The number of anilines is 3. The van der Waals surface area contributed by atoms with Crippen LogP contribution in [0.15, 0.2) is 98.0 Å². The number of fused-ring (bicyclic) bond motifs is 1. The zero-order valence-corrected chi connectivity index (χ0v) is 20.4. The van der Waals surface area contributed by atoms with Gasteiger partial charge in [0.1, 0.15) is 22.8 Å². The van der Waals surface area contributed by atoms with Crippen LogP contribution >= 0.6 is 0 Å². The Hall–Kier alpha value is -5.51. The van der Waals surface area contributed by atoms with Crippen LogP contribution in [0.25, 0.3) is 16.7 Å². The van der Waals surface area contributed by atoms with Gasteiger partial charge in [-0.15, -0.1) is 0 Å². The first kappa shape index (κ1) is 24.2. The molecule has 0 fully saturated rings. The molecular formula is C28H23N7O3. The van der Waals surface area contributed by atoms with E-state index in [0.29, 0.717) is 28.8 Å². The maximum absolute atomic E-state index is 11.8. The summed E-state index contributed by atoms with van der Waals surface area (Å²) in [5.74, 6) is 0.955. The van der Waals surface area contributed by atoms with Gasteiger partial charge in [-0.25, -0.2) is 4.98 Å². The summed E-state index contributed by atoms with van der Waals surface area (Å²) < 4.78 is 7.78. The fraction of sp³-hybridized carbons (Fsp3) is 0.0357. The van der Waals surface area contributed by atoms with Crippen molar-refractivity contribution in [1.29, 1.82) is 0 Å². The smallest absolute Gasteiger partial charge is 0.269 e. The minimum Gasteiger partial charge on any atom is -0.457 e. The largest absolute Gasteiger partial charge is 0.457 e. The summed E-state index contributed by atoms with van der Waals surface area (Å²) in [5.41, 5.74) is 3.24. The van der Waals surface area contributed by atoms with Gasteiger partial charge in [-0.1, -0.05) is 12.6 Å². The van der Waals surface area contributed by atoms with Crippen molar-refractivity contribution < 1.29 is 14.3 Å². The molecule has 0 bridgehead atoms. The zero-order chi connectivity index (χ0) is 26.5. The number of nitrogens with one attached hydrogen (secondary N) is 3. The monoisotopic (exact) mass is 505 g/mol. The Morgan fingerprint density at radius 1 is 0.974 bits per heavy atom. The molecule has 10 nitrogen and oxygen atoms in total. The van der Waals surface area contributed by atoms with Gasteiger partial charge in [0.15, 0.2) is 0 Å². The number of rotatable bonds is 8. The Morgan fingerprint density at radius 2 is 1.82 bits per heavy atom. The molecule has 2 aromatic carbocycles. The van der Waals surface area contributed by atoms with Gasteiger partial charge in [0.2, 0.25) is 11.9 Å². The Bertz CT molecular complexity index is 1640. The van der Waals surface area contributed by atoms with E-state index in [-0.39, 0.29) is 17.5 Å². The summed E-state index contributed by atoms with van der Waals surface area (Å²) >= 11 is 0. The molecule has 3 heterocycles. The molecular weight excluding hydrogens is 482 g/mol. The molecule has 0 aliphatic heterocycles. The van der Waals surface area contributed by atoms with E-state index in [9.17, 15) is 9.59 Å². The van der Waals surface area contributed by atoms with Crippen molar-refractivity contribution in [3.05, 3.63) is 104 Å². The molecule has 0 saturated heterocycles. The fourth-order valence-corrected chi connectivity index (χ4v) is 3.71. The topological polar surface area (TPSA) is 123 Å².